The van der Waals surface area contributed by atoms with Gasteiger partial charge in [0.25, 0.3) is 0 Å². The molecule has 0 amide bonds. The molecule has 0 N–H and O–H groups in total. The predicted octanol–water partition coefficient (Wildman–Crippen LogP) is 19.4. The molecule has 12 aromatic carbocycles. The van der Waals surface area contributed by atoms with Crippen molar-refractivity contribution >= 4 is 49.6 Å². The molecule has 0 radical (unpaired) electrons. The topological polar surface area (TPSA) is 8.17 Å². The highest BCUT2D eigenvalue weighted by atomic mass is 15.1. The van der Waals surface area contributed by atoms with Crippen LogP contribution in [0.15, 0.2) is 285 Å². The van der Waals surface area contributed by atoms with Gasteiger partial charge in [0.05, 0.1) is 28.1 Å². The van der Waals surface area contributed by atoms with E-state index < -0.39 is 0 Å². The number of aromatic nitrogens is 1. The average molecular weight is 943 g/mol. The second kappa shape index (κ2) is 17.7. The average Bonchev–Trinajstić information content (AvgIpc) is 4.00. The van der Waals surface area contributed by atoms with Crippen LogP contribution in [-0.4, -0.2) is 4.57 Å². The number of hydrogen-bond acceptors (Lipinski definition) is 1. The Bertz CT molecular complexity index is 4260. The molecule has 0 fully saturated rings. The maximum Gasteiger partial charge on any atom is 0.0547 e. The summed E-state index contributed by atoms with van der Waals surface area (Å²) >= 11 is 0. The van der Waals surface area contributed by atoms with Gasteiger partial charge in [-0.25, -0.2) is 0 Å². The molecule has 2 heteroatoms. The molecule has 1 aromatic heterocycles. The Morgan fingerprint density at radius 3 is 1.53 bits per heavy atom. The van der Waals surface area contributed by atoms with Gasteiger partial charge in [-0.1, -0.05) is 237 Å². The number of anilines is 3. The van der Waals surface area contributed by atoms with E-state index in [1.807, 2.05) is 0 Å². The van der Waals surface area contributed by atoms with Crippen LogP contribution in [0, 0.1) is 0 Å². The second-order valence-corrected chi connectivity index (χ2v) is 19.7. The van der Waals surface area contributed by atoms with Crippen molar-refractivity contribution in [3.63, 3.8) is 0 Å². The number of benzene rings is 12. The molecule has 14 rings (SSSR count). The molecule has 1 aliphatic carbocycles. The van der Waals surface area contributed by atoms with Gasteiger partial charge >= 0.3 is 0 Å². The summed E-state index contributed by atoms with van der Waals surface area (Å²) in [6, 6.07) is 105. The molecular weight excluding hydrogens is 893 g/mol. The number of para-hydroxylation sites is 5. The third-order valence-corrected chi connectivity index (χ3v) is 15.7. The Morgan fingerprint density at radius 1 is 0.311 bits per heavy atom. The van der Waals surface area contributed by atoms with E-state index >= 15 is 0 Å². The number of hydrogen-bond donors (Lipinski definition) is 0. The Kier molecular flexibility index (Phi) is 10.3. The van der Waals surface area contributed by atoms with Gasteiger partial charge in [-0.3, -0.25) is 0 Å². The van der Waals surface area contributed by atoms with Gasteiger partial charge in [-0.05, 0) is 122 Å². The van der Waals surface area contributed by atoms with Crippen molar-refractivity contribution < 1.29 is 0 Å². The minimum absolute atomic E-state index is 0.345. The van der Waals surface area contributed by atoms with E-state index in [2.05, 4.69) is 302 Å². The van der Waals surface area contributed by atoms with Gasteiger partial charge in [0.15, 0.2) is 0 Å². The third-order valence-electron chi connectivity index (χ3n) is 15.7. The molecule has 1 atom stereocenters. The zero-order chi connectivity index (χ0) is 49.2. The lowest BCUT2D eigenvalue weighted by Crippen LogP contribution is -2.22. The fraction of sp³-hybridized carbons (Fsp3) is 0.0278. The van der Waals surface area contributed by atoms with Crippen LogP contribution in [0.3, 0.4) is 0 Å². The molecule has 1 aliphatic rings. The molecule has 1 unspecified atom stereocenters. The van der Waals surface area contributed by atoms with E-state index in [1.165, 1.54) is 82.6 Å². The van der Waals surface area contributed by atoms with Crippen molar-refractivity contribution in [3.8, 4) is 61.3 Å². The van der Waals surface area contributed by atoms with Crippen LogP contribution in [0.1, 0.15) is 23.6 Å². The summed E-state index contributed by atoms with van der Waals surface area (Å²) in [6.45, 7) is 2.41. The van der Waals surface area contributed by atoms with E-state index in [9.17, 15) is 0 Å². The minimum Gasteiger partial charge on any atom is -0.309 e. The molecule has 74 heavy (non-hydrogen) atoms. The Hall–Kier alpha value is -9.50. The van der Waals surface area contributed by atoms with Crippen LogP contribution in [0.2, 0.25) is 0 Å². The zero-order valence-electron chi connectivity index (χ0n) is 41.0. The van der Waals surface area contributed by atoms with Gasteiger partial charge in [0.1, 0.15) is 0 Å². The second-order valence-electron chi connectivity index (χ2n) is 19.7. The summed E-state index contributed by atoms with van der Waals surface area (Å²) < 4.78 is 2.42. The first-order chi connectivity index (χ1) is 36.6. The van der Waals surface area contributed by atoms with Crippen molar-refractivity contribution in [2.24, 2.45) is 0 Å². The van der Waals surface area contributed by atoms with E-state index in [4.69, 9.17) is 0 Å². The van der Waals surface area contributed by atoms with Crippen molar-refractivity contribution in [2.75, 3.05) is 4.90 Å². The molecule has 1 heterocycles. The highest BCUT2D eigenvalue weighted by Gasteiger charge is 2.41. The van der Waals surface area contributed by atoms with E-state index in [1.54, 1.807) is 0 Å². The fourth-order valence-electron chi connectivity index (χ4n) is 12.3. The highest BCUT2D eigenvalue weighted by Crippen LogP contribution is 2.55. The zero-order valence-corrected chi connectivity index (χ0v) is 41.0. The summed E-state index contributed by atoms with van der Waals surface area (Å²) in [5.74, 6) is 0. The lowest BCUT2D eigenvalue weighted by Gasteiger charge is -2.32. The van der Waals surface area contributed by atoms with Crippen molar-refractivity contribution in [2.45, 2.75) is 12.3 Å². The molecule has 0 bridgehead atoms. The van der Waals surface area contributed by atoms with Crippen LogP contribution < -0.4 is 4.90 Å². The summed E-state index contributed by atoms with van der Waals surface area (Å²) in [7, 11) is 0. The fourth-order valence-corrected chi connectivity index (χ4v) is 12.3. The number of fused-ring (bicyclic) bond motifs is 7. The van der Waals surface area contributed by atoms with E-state index in [0.717, 1.165) is 45.0 Å². The van der Waals surface area contributed by atoms with Crippen LogP contribution in [0.4, 0.5) is 17.1 Å². The Morgan fingerprint density at radius 2 is 0.811 bits per heavy atom. The van der Waals surface area contributed by atoms with Gasteiger partial charge in [0, 0.05) is 38.6 Å². The van der Waals surface area contributed by atoms with E-state index in [0.29, 0.717) is 0 Å². The smallest absolute Gasteiger partial charge is 0.0547 e. The quantitative estimate of drug-likeness (QED) is 0.140. The van der Waals surface area contributed by atoms with Crippen molar-refractivity contribution in [1.29, 1.82) is 0 Å². The van der Waals surface area contributed by atoms with Crippen LogP contribution in [0.5, 0.6) is 0 Å². The van der Waals surface area contributed by atoms with Crippen molar-refractivity contribution in [1.82, 2.24) is 4.57 Å². The summed E-state index contributed by atoms with van der Waals surface area (Å²) in [6.07, 6.45) is 0. The molecule has 0 saturated carbocycles. The maximum absolute atomic E-state index is 2.54. The first-order valence-electron chi connectivity index (χ1n) is 25.7. The SMILES string of the molecule is CC1(c2ccccc2)c2ccccc2-c2ccc(-c3ccccc3N(c3ccccc3-c3ccc4c5ccccc5n(-c5ccccc5)c4c3)c3ccccc3-c3cccc4cccc(-c5ccccc5)c34)cc21. The Balaban J connectivity index is 1.03. The first-order valence-corrected chi connectivity index (χ1v) is 25.7. The monoisotopic (exact) mass is 942 g/mol. The van der Waals surface area contributed by atoms with Gasteiger partial charge < -0.3 is 9.47 Å². The molecule has 2 nitrogen and oxygen atoms in total. The van der Waals surface area contributed by atoms with Gasteiger partial charge in [-0.15, -0.1) is 0 Å². The standard InChI is InChI=1S/C72H50N2/c1-72(53-27-7-3-8-28-53)64-38-16-11-33-58(64)59-45-43-51(47-65(59)72)55-31-12-17-39-66(55)74(69-42-20-15-35-61(69)63-37-22-26-50-25-21-36-57(71(50)63)49-23-5-2-6-24-49)67-40-18-13-32-56(67)52-44-46-62-60-34-14-19-41-68(60)73(70(62)48-52)54-29-9-4-10-30-54/h2-48H,1H3. The highest BCUT2D eigenvalue weighted by molar-refractivity contribution is 6.12. The summed E-state index contributed by atoms with van der Waals surface area (Å²) in [5, 5.41) is 4.90. The summed E-state index contributed by atoms with van der Waals surface area (Å²) in [4.78, 5) is 2.54. The molecule has 0 saturated heterocycles. The molecule has 0 aliphatic heterocycles. The van der Waals surface area contributed by atoms with E-state index in [-0.39, 0.29) is 5.41 Å². The number of nitrogens with zero attached hydrogens (tertiary/aromatic N) is 2. The number of rotatable bonds is 9. The minimum atomic E-state index is -0.345. The lowest BCUT2D eigenvalue weighted by molar-refractivity contribution is 0.714. The lowest BCUT2D eigenvalue weighted by atomic mass is 9.74. The van der Waals surface area contributed by atoms with Crippen LogP contribution in [0.25, 0.3) is 93.9 Å². The van der Waals surface area contributed by atoms with Crippen molar-refractivity contribution in [3.05, 3.63) is 302 Å². The molecular formula is C72H50N2. The summed E-state index contributed by atoms with van der Waals surface area (Å²) in [5.41, 5.74) is 22.3. The maximum atomic E-state index is 2.54. The Labute approximate surface area is 432 Å². The van der Waals surface area contributed by atoms with Crippen LogP contribution in [-0.2, 0) is 5.41 Å². The third kappa shape index (κ3) is 6.87. The molecule has 348 valence electrons. The molecule has 0 spiro atoms. The van der Waals surface area contributed by atoms with Crippen LogP contribution >= 0.6 is 0 Å². The molecule has 13 aromatic rings. The largest absolute Gasteiger partial charge is 0.309 e. The van der Waals surface area contributed by atoms with Gasteiger partial charge in [0.2, 0.25) is 0 Å². The predicted molar refractivity (Wildman–Crippen MR) is 312 cm³/mol. The van der Waals surface area contributed by atoms with Gasteiger partial charge in [-0.2, -0.15) is 0 Å². The normalized spacial score (nSPS) is 13.8. The first kappa shape index (κ1) is 43.3.